The van der Waals surface area contributed by atoms with Crippen molar-refractivity contribution in [2.45, 2.75) is 25.9 Å². The summed E-state index contributed by atoms with van der Waals surface area (Å²) in [6, 6.07) is 0. The number of hydrogen-bond acceptors (Lipinski definition) is 4. The molecular formula is C7H16O5S. The van der Waals surface area contributed by atoms with Gasteiger partial charge in [-0.2, -0.15) is 8.42 Å². The predicted molar refractivity (Wildman–Crippen MR) is 48.1 cm³/mol. The van der Waals surface area contributed by atoms with E-state index >= 15 is 0 Å². The highest BCUT2D eigenvalue weighted by Gasteiger charge is 2.04. The van der Waals surface area contributed by atoms with E-state index in [1.807, 2.05) is 6.92 Å². The normalized spacial score (nSPS) is 14.4. The fourth-order valence-corrected chi connectivity index (χ4v) is 1.16. The predicted octanol–water partition coefficient (Wildman–Crippen LogP) is 0.0518. The van der Waals surface area contributed by atoms with Gasteiger partial charge in [0.25, 0.3) is 10.1 Å². The number of rotatable bonds is 7. The SMILES string of the molecule is CCC(O)COCCCS(=O)(=O)O. The molecule has 2 N–H and O–H groups in total. The van der Waals surface area contributed by atoms with Crippen molar-refractivity contribution in [3.8, 4) is 0 Å². The summed E-state index contributed by atoms with van der Waals surface area (Å²) in [4.78, 5) is 0. The molecule has 13 heavy (non-hydrogen) atoms. The third kappa shape index (κ3) is 9.75. The highest BCUT2D eigenvalue weighted by atomic mass is 32.2. The van der Waals surface area contributed by atoms with Crippen molar-refractivity contribution in [1.82, 2.24) is 0 Å². The second-order valence-corrected chi connectivity index (χ2v) is 4.35. The molecule has 80 valence electrons. The van der Waals surface area contributed by atoms with E-state index in [1.54, 1.807) is 0 Å². The van der Waals surface area contributed by atoms with Crippen LogP contribution in [0.5, 0.6) is 0 Å². The van der Waals surface area contributed by atoms with Crippen LogP contribution < -0.4 is 0 Å². The number of aliphatic hydroxyl groups excluding tert-OH is 1. The zero-order valence-electron chi connectivity index (χ0n) is 7.64. The van der Waals surface area contributed by atoms with Gasteiger partial charge in [0, 0.05) is 6.61 Å². The van der Waals surface area contributed by atoms with Crippen molar-refractivity contribution in [1.29, 1.82) is 0 Å². The smallest absolute Gasteiger partial charge is 0.264 e. The second kappa shape index (κ2) is 6.31. The van der Waals surface area contributed by atoms with Gasteiger partial charge in [0.05, 0.1) is 18.5 Å². The van der Waals surface area contributed by atoms with Gasteiger partial charge in [0.15, 0.2) is 0 Å². The maximum atomic E-state index is 10.2. The lowest BCUT2D eigenvalue weighted by Gasteiger charge is -2.07. The van der Waals surface area contributed by atoms with Crippen LogP contribution in [-0.4, -0.2) is 43.1 Å². The van der Waals surface area contributed by atoms with E-state index in [-0.39, 0.29) is 25.4 Å². The summed E-state index contributed by atoms with van der Waals surface area (Å²) in [6.07, 6.45) is 0.360. The fourth-order valence-electron chi connectivity index (χ4n) is 0.681. The Morgan fingerprint density at radius 3 is 2.54 bits per heavy atom. The van der Waals surface area contributed by atoms with Gasteiger partial charge in [-0.1, -0.05) is 6.92 Å². The molecule has 0 aromatic rings. The largest absolute Gasteiger partial charge is 0.391 e. The van der Waals surface area contributed by atoms with Crippen LogP contribution in [0.4, 0.5) is 0 Å². The van der Waals surface area contributed by atoms with Crippen molar-refractivity contribution in [3.63, 3.8) is 0 Å². The van der Waals surface area contributed by atoms with Gasteiger partial charge in [0.1, 0.15) is 0 Å². The van der Waals surface area contributed by atoms with Crippen LogP contribution in [0.15, 0.2) is 0 Å². The Kier molecular flexibility index (Phi) is 6.23. The minimum Gasteiger partial charge on any atom is -0.391 e. The minimum absolute atomic E-state index is 0.210. The Balaban J connectivity index is 3.27. The van der Waals surface area contributed by atoms with Crippen molar-refractivity contribution < 1.29 is 22.8 Å². The molecule has 0 aliphatic carbocycles. The first-order chi connectivity index (χ1) is 5.95. The first kappa shape index (κ1) is 12.8. The van der Waals surface area contributed by atoms with E-state index < -0.39 is 16.2 Å². The third-order valence-corrected chi connectivity index (χ3v) is 2.28. The molecule has 0 aliphatic rings. The highest BCUT2D eigenvalue weighted by molar-refractivity contribution is 7.85. The number of hydrogen-bond donors (Lipinski definition) is 2. The fraction of sp³-hybridized carbons (Fsp3) is 1.00. The van der Waals surface area contributed by atoms with Crippen LogP contribution in [0.2, 0.25) is 0 Å². The summed E-state index contributed by atoms with van der Waals surface area (Å²) < 4.78 is 33.8. The van der Waals surface area contributed by atoms with Crippen LogP contribution in [0, 0.1) is 0 Å². The molecule has 0 saturated carbocycles. The van der Waals surface area contributed by atoms with E-state index in [9.17, 15) is 8.42 Å². The Bertz CT molecular complexity index is 211. The van der Waals surface area contributed by atoms with Gasteiger partial charge in [0.2, 0.25) is 0 Å². The Morgan fingerprint density at radius 2 is 2.08 bits per heavy atom. The lowest BCUT2D eigenvalue weighted by atomic mass is 10.3. The molecule has 0 aromatic carbocycles. The van der Waals surface area contributed by atoms with Gasteiger partial charge in [-0.3, -0.25) is 4.55 Å². The van der Waals surface area contributed by atoms with Crippen molar-refractivity contribution >= 4 is 10.1 Å². The molecule has 5 nitrogen and oxygen atoms in total. The van der Waals surface area contributed by atoms with Crippen molar-refractivity contribution in [3.05, 3.63) is 0 Å². The van der Waals surface area contributed by atoms with E-state index in [0.717, 1.165) is 0 Å². The van der Waals surface area contributed by atoms with Crippen LogP contribution in [0.25, 0.3) is 0 Å². The standard InChI is InChI=1S/C7H16O5S/c1-2-7(8)6-12-4-3-5-13(9,10)11/h7-8H,2-6H2,1H3,(H,9,10,11). The minimum atomic E-state index is -3.87. The van der Waals surface area contributed by atoms with E-state index in [4.69, 9.17) is 14.4 Å². The first-order valence-corrected chi connectivity index (χ1v) is 5.77. The van der Waals surface area contributed by atoms with Gasteiger partial charge >= 0.3 is 0 Å². The molecule has 0 spiro atoms. The van der Waals surface area contributed by atoms with Crippen molar-refractivity contribution in [2.24, 2.45) is 0 Å². The molecular weight excluding hydrogens is 196 g/mol. The Morgan fingerprint density at radius 1 is 1.46 bits per heavy atom. The topological polar surface area (TPSA) is 83.8 Å². The molecule has 1 unspecified atom stereocenters. The van der Waals surface area contributed by atoms with Gasteiger partial charge in [-0.25, -0.2) is 0 Å². The van der Waals surface area contributed by atoms with Gasteiger partial charge in [-0.15, -0.1) is 0 Å². The average molecular weight is 212 g/mol. The Labute approximate surface area is 78.5 Å². The second-order valence-electron chi connectivity index (χ2n) is 2.78. The van der Waals surface area contributed by atoms with E-state index in [0.29, 0.717) is 6.42 Å². The Hall–Kier alpha value is -0.170. The van der Waals surface area contributed by atoms with Crippen LogP contribution in [0.1, 0.15) is 19.8 Å². The molecule has 0 fully saturated rings. The zero-order chi connectivity index (χ0) is 10.3. The summed E-state index contributed by atoms with van der Waals surface area (Å²) in [7, 11) is -3.87. The molecule has 6 heteroatoms. The molecule has 0 radical (unpaired) electrons. The molecule has 0 saturated heterocycles. The summed E-state index contributed by atoms with van der Waals surface area (Å²) in [6.45, 7) is 2.27. The van der Waals surface area contributed by atoms with E-state index in [2.05, 4.69) is 0 Å². The molecule has 0 heterocycles. The van der Waals surface area contributed by atoms with Crippen LogP contribution in [-0.2, 0) is 14.9 Å². The zero-order valence-corrected chi connectivity index (χ0v) is 8.46. The molecule has 1 atom stereocenters. The summed E-state index contributed by atoms with van der Waals surface area (Å²) in [5.41, 5.74) is 0. The first-order valence-electron chi connectivity index (χ1n) is 4.16. The van der Waals surface area contributed by atoms with E-state index in [1.165, 1.54) is 0 Å². The van der Waals surface area contributed by atoms with Crippen LogP contribution >= 0.6 is 0 Å². The van der Waals surface area contributed by atoms with Gasteiger partial charge in [-0.05, 0) is 12.8 Å². The van der Waals surface area contributed by atoms with Crippen molar-refractivity contribution in [2.75, 3.05) is 19.0 Å². The third-order valence-electron chi connectivity index (χ3n) is 1.47. The van der Waals surface area contributed by atoms with Gasteiger partial charge < -0.3 is 9.84 Å². The number of ether oxygens (including phenoxy) is 1. The lowest BCUT2D eigenvalue weighted by Crippen LogP contribution is -2.15. The quantitative estimate of drug-likeness (QED) is 0.460. The lowest BCUT2D eigenvalue weighted by molar-refractivity contribution is 0.0355. The average Bonchev–Trinajstić information content (AvgIpc) is 2.01. The molecule has 0 rings (SSSR count). The highest BCUT2D eigenvalue weighted by Crippen LogP contribution is 1.93. The molecule has 0 bridgehead atoms. The summed E-state index contributed by atoms with van der Waals surface area (Å²) in [5.74, 6) is -0.296. The molecule has 0 aliphatic heterocycles. The maximum absolute atomic E-state index is 10.2. The maximum Gasteiger partial charge on any atom is 0.264 e. The molecule has 0 amide bonds. The number of aliphatic hydroxyl groups is 1. The molecule has 0 aromatic heterocycles. The summed E-state index contributed by atoms with van der Waals surface area (Å²) in [5, 5.41) is 9.02. The summed E-state index contributed by atoms with van der Waals surface area (Å²) >= 11 is 0. The monoisotopic (exact) mass is 212 g/mol. The van der Waals surface area contributed by atoms with Crippen LogP contribution in [0.3, 0.4) is 0 Å².